The Labute approximate surface area is 127 Å². The number of carbonyl (C=O) groups is 1. The maximum absolute atomic E-state index is 12.9. The summed E-state index contributed by atoms with van der Waals surface area (Å²) < 4.78 is 18.2. The number of nitrogens with zero attached hydrogens (tertiary/aromatic N) is 3. The molecule has 1 aliphatic rings. The number of aromatic nitrogens is 2. The van der Waals surface area contributed by atoms with Gasteiger partial charge in [0.05, 0.1) is 12.6 Å². The number of halogens is 1. The van der Waals surface area contributed by atoms with Gasteiger partial charge in [-0.05, 0) is 43.7 Å². The zero-order chi connectivity index (χ0) is 15.5. The Bertz CT molecular complexity index is 656. The minimum absolute atomic E-state index is 0.282. The Morgan fingerprint density at radius 1 is 1.36 bits per heavy atom. The van der Waals surface area contributed by atoms with Gasteiger partial charge < -0.3 is 10.3 Å². The van der Waals surface area contributed by atoms with Gasteiger partial charge in [0.2, 0.25) is 17.6 Å². The van der Waals surface area contributed by atoms with Gasteiger partial charge in [0.15, 0.2) is 0 Å². The van der Waals surface area contributed by atoms with Crippen LogP contribution < -0.4 is 5.73 Å². The number of primary amides is 1. The summed E-state index contributed by atoms with van der Waals surface area (Å²) in [5, 5.41) is 3.90. The largest absolute Gasteiger partial charge is 0.368 e. The van der Waals surface area contributed by atoms with E-state index >= 15 is 0 Å². The van der Waals surface area contributed by atoms with E-state index in [9.17, 15) is 9.18 Å². The van der Waals surface area contributed by atoms with Crippen LogP contribution in [-0.4, -0.2) is 33.5 Å². The summed E-state index contributed by atoms with van der Waals surface area (Å²) in [6, 6.07) is 5.60. The van der Waals surface area contributed by atoms with Crippen LogP contribution in [0.1, 0.15) is 25.2 Å². The van der Waals surface area contributed by atoms with Crippen LogP contribution in [0.15, 0.2) is 28.8 Å². The lowest BCUT2D eigenvalue weighted by atomic mass is 10.0. The van der Waals surface area contributed by atoms with E-state index < -0.39 is 0 Å². The zero-order valence-electron chi connectivity index (χ0n) is 12.0. The maximum atomic E-state index is 12.9. The molecule has 2 aromatic rings. The second-order valence-corrected chi connectivity index (χ2v) is 5.40. The quantitative estimate of drug-likeness (QED) is 0.929. The number of hydrogen-bond donors (Lipinski definition) is 1. The third-order valence-corrected chi connectivity index (χ3v) is 3.85. The highest BCUT2D eigenvalue weighted by Crippen LogP contribution is 2.21. The van der Waals surface area contributed by atoms with Gasteiger partial charge in [0, 0.05) is 5.56 Å². The lowest BCUT2D eigenvalue weighted by Gasteiger charge is -2.32. The van der Waals surface area contributed by atoms with E-state index in [1.165, 1.54) is 12.1 Å². The van der Waals surface area contributed by atoms with Gasteiger partial charge >= 0.3 is 0 Å². The van der Waals surface area contributed by atoms with Crippen LogP contribution in [0.3, 0.4) is 0 Å². The number of piperidine rings is 1. The molecule has 116 valence electrons. The SMILES string of the molecule is NC(=O)[C@@H]1CCCCN1Cc1nc(-c2ccc(F)cc2)no1. The molecule has 0 saturated carbocycles. The van der Waals surface area contributed by atoms with Crippen molar-refractivity contribution in [2.75, 3.05) is 6.54 Å². The second kappa shape index (κ2) is 6.23. The average molecular weight is 304 g/mol. The fraction of sp³-hybridized carbons (Fsp3) is 0.400. The Hall–Kier alpha value is -2.28. The summed E-state index contributed by atoms with van der Waals surface area (Å²) in [5.41, 5.74) is 6.12. The van der Waals surface area contributed by atoms with E-state index in [2.05, 4.69) is 10.1 Å². The first-order chi connectivity index (χ1) is 10.6. The third-order valence-electron chi connectivity index (χ3n) is 3.85. The molecular formula is C15H17FN4O2. The number of likely N-dealkylation sites (tertiary alicyclic amines) is 1. The maximum Gasteiger partial charge on any atom is 0.241 e. The third kappa shape index (κ3) is 3.14. The summed E-state index contributed by atoms with van der Waals surface area (Å²) in [5.74, 6) is 0.193. The molecular weight excluding hydrogens is 287 g/mol. The standard InChI is InChI=1S/C15H17FN4O2/c16-11-6-4-10(5-7-11)15-18-13(22-19-15)9-20-8-2-1-3-12(20)14(17)21/h4-7,12H,1-3,8-9H2,(H2,17,21)/t12-/m0/s1. The highest BCUT2D eigenvalue weighted by Gasteiger charge is 2.28. The Kier molecular flexibility index (Phi) is 4.15. The molecule has 0 radical (unpaired) electrons. The molecule has 6 nitrogen and oxygen atoms in total. The van der Waals surface area contributed by atoms with Gasteiger partial charge in [0.25, 0.3) is 0 Å². The molecule has 1 aromatic carbocycles. The molecule has 1 amide bonds. The van der Waals surface area contributed by atoms with Crippen molar-refractivity contribution >= 4 is 5.91 Å². The normalized spacial score (nSPS) is 19.2. The van der Waals surface area contributed by atoms with Gasteiger partial charge in [-0.3, -0.25) is 9.69 Å². The molecule has 1 atom stereocenters. The molecule has 1 fully saturated rings. The van der Waals surface area contributed by atoms with Gasteiger partial charge in [0.1, 0.15) is 5.82 Å². The Morgan fingerprint density at radius 3 is 2.86 bits per heavy atom. The van der Waals surface area contributed by atoms with Crippen molar-refractivity contribution in [2.24, 2.45) is 5.73 Å². The molecule has 0 spiro atoms. The van der Waals surface area contributed by atoms with Crippen LogP contribution in [0, 0.1) is 5.82 Å². The molecule has 1 saturated heterocycles. The lowest BCUT2D eigenvalue weighted by molar-refractivity contribution is -0.124. The van der Waals surface area contributed by atoms with Crippen molar-refractivity contribution in [3.05, 3.63) is 36.0 Å². The van der Waals surface area contributed by atoms with Gasteiger partial charge in [-0.1, -0.05) is 11.6 Å². The first-order valence-corrected chi connectivity index (χ1v) is 7.25. The number of hydrogen-bond acceptors (Lipinski definition) is 5. The molecule has 1 aliphatic heterocycles. The van der Waals surface area contributed by atoms with Crippen molar-refractivity contribution in [1.29, 1.82) is 0 Å². The van der Waals surface area contributed by atoms with E-state index in [0.29, 0.717) is 23.8 Å². The predicted octanol–water partition coefficient (Wildman–Crippen LogP) is 1.72. The van der Waals surface area contributed by atoms with Crippen molar-refractivity contribution in [1.82, 2.24) is 15.0 Å². The van der Waals surface area contributed by atoms with Crippen molar-refractivity contribution in [2.45, 2.75) is 31.8 Å². The van der Waals surface area contributed by atoms with Crippen molar-refractivity contribution in [3.8, 4) is 11.4 Å². The van der Waals surface area contributed by atoms with E-state index in [-0.39, 0.29) is 17.8 Å². The number of rotatable bonds is 4. The molecule has 2 heterocycles. The summed E-state index contributed by atoms with van der Waals surface area (Å²) in [6.07, 6.45) is 2.77. The number of benzene rings is 1. The number of amides is 1. The molecule has 0 aliphatic carbocycles. The van der Waals surface area contributed by atoms with Crippen LogP contribution in [-0.2, 0) is 11.3 Å². The topological polar surface area (TPSA) is 85.3 Å². The summed E-state index contributed by atoms with van der Waals surface area (Å²) in [4.78, 5) is 17.8. The highest BCUT2D eigenvalue weighted by atomic mass is 19.1. The predicted molar refractivity (Wildman–Crippen MR) is 76.9 cm³/mol. The average Bonchev–Trinajstić information content (AvgIpc) is 2.97. The first-order valence-electron chi connectivity index (χ1n) is 7.25. The Morgan fingerprint density at radius 2 is 2.14 bits per heavy atom. The molecule has 2 N–H and O–H groups in total. The molecule has 0 bridgehead atoms. The van der Waals surface area contributed by atoms with Crippen LogP contribution in [0.5, 0.6) is 0 Å². The van der Waals surface area contributed by atoms with Gasteiger partial charge in [-0.15, -0.1) is 0 Å². The summed E-state index contributed by atoms with van der Waals surface area (Å²) >= 11 is 0. The lowest BCUT2D eigenvalue weighted by Crippen LogP contribution is -2.47. The minimum Gasteiger partial charge on any atom is -0.368 e. The van der Waals surface area contributed by atoms with Crippen LogP contribution >= 0.6 is 0 Å². The summed E-state index contributed by atoms with van der Waals surface area (Å²) in [6.45, 7) is 1.17. The summed E-state index contributed by atoms with van der Waals surface area (Å²) in [7, 11) is 0. The minimum atomic E-state index is -0.321. The molecule has 7 heteroatoms. The molecule has 0 unspecified atom stereocenters. The fourth-order valence-electron chi connectivity index (χ4n) is 2.71. The molecule has 3 rings (SSSR count). The molecule has 1 aromatic heterocycles. The van der Waals surface area contributed by atoms with Gasteiger partial charge in [-0.25, -0.2) is 4.39 Å². The fourth-order valence-corrected chi connectivity index (χ4v) is 2.71. The number of carbonyl (C=O) groups excluding carboxylic acids is 1. The second-order valence-electron chi connectivity index (χ2n) is 5.40. The van der Waals surface area contributed by atoms with Crippen molar-refractivity contribution < 1.29 is 13.7 Å². The molecule has 22 heavy (non-hydrogen) atoms. The van der Waals surface area contributed by atoms with E-state index in [4.69, 9.17) is 10.3 Å². The smallest absolute Gasteiger partial charge is 0.241 e. The van der Waals surface area contributed by atoms with Crippen LogP contribution in [0.2, 0.25) is 0 Å². The van der Waals surface area contributed by atoms with Gasteiger partial charge in [-0.2, -0.15) is 4.98 Å². The monoisotopic (exact) mass is 304 g/mol. The van der Waals surface area contributed by atoms with Crippen molar-refractivity contribution in [3.63, 3.8) is 0 Å². The Balaban J connectivity index is 1.73. The van der Waals surface area contributed by atoms with Crippen LogP contribution in [0.4, 0.5) is 4.39 Å². The van der Waals surface area contributed by atoms with E-state index in [1.54, 1.807) is 12.1 Å². The first kappa shape index (κ1) is 14.6. The van der Waals surface area contributed by atoms with Crippen LogP contribution in [0.25, 0.3) is 11.4 Å². The highest BCUT2D eigenvalue weighted by molar-refractivity contribution is 5.79. The number of nitrogens with two attached hydrogens (primary N) is 1. The zero-order valence-corrected chi connectivity index (χ0v) is 12.0. The van der Waals surface area contributed by atoms with E-state index in [1.807, 2.05) is 4.90 Å². The van der Waals surface area contributed by atoms with E-state index in [0.717, 1.165) is 25.8 Å².